The van der Waals surface area contributed by atoms with Crippen LogP contribution in [0.4, 0.5) is 0 Å². The molecule has 0 atom stereocenters. The topological polar surface area (TPSA) is 69.1 Å². The van der Waals surface area contributed by atoms with Crippen molar-refractivity contribution in [2.45, 2.75) is 13.8 Å². The van der Waals surface area contributed by atoms with Gasteiger partial charge in [0.05, 0.1) is 0 Å². The Morgan fingerprint density at radius 1 is 1.14 bits per heavy atom. The van der Waals surface area contributed by atoms with E-state index in [9.17, 15) is 0 Å². The number of aryl methyl sites for hydroxylation is 2. The van der Waals surface area contributed by atoms with Gasteiger partial charge in [0.25, 0.3) is 0 Å². The molecule has 7 heteroatoms. The molecule has 4 aromatic rings. The first-order valence-electron chi connectivity index (χ1n) is 6.44. The van der Waals surface area contributed by atoms with Gasteiger partial charge in [-0.1, -0.05) is 40.3 Å². The Morgan fingerprint density at radius 3 is 2.81 bits per heavy atom. The fourth-order valence-corrected chi connectivity index (χ4v) is 2.94. The van der Waals surface area contributed by atoms with E-state index in [4.69, 9.17) is 4.52 Å². The van der Waals surface area contributed by atoms with Crippen LogP contribution in [0.5, 0.6) is 0 Å². The first-order chi connectivity index (χ1) is 10.2. The second kappa shape index (κ2) is 4.49. The molecule has 0 fully saturated rings. The van der Waals surface area contributed by atoms with Crippen LogP contribution in [0, 0.1) is 13.8 Å². The van der Waals surface area contributed by atoms with E-state index in [1.165, 1.54) is 16.9 Å². The molecule has 3 heterocycles. The number of aromatic nitrogens is 5. The van der Waals surface area contributed by atoms with Crippen LogP contribution >= 0.6 is 11.3 Å². The number of hydrogen-bond donors (Lipinski definition) is 0. The van der Waals surface area contributed by atoms with E-state index in [1.54, 1.807) is 4.52 Å². The zero-order valence-corrected chi connectivity index (χ0v) is 12.3. The maximum atomic E-state index is 5.09. The molecule has 3 aromatic heterocycles. The van der Waals surface area contributed by atoms with E-state index in [1.807, 2.05) is 38.1 Å². The van der Waals surface area contributed by atoms with Crippen molar-refractivity contribution in [2.75, 3.05) is 0 Å². The fourth-order valence-electron chi connectivity index (χ4n) is 2.15. The Bertz CT molecular complexity index is 936. The lowest BCUT2D eigenvalue weighted by molar-refractivity contribution is 0.399. The van der Waals surface area contributed by atoms with E-state index in [0.717, 1.165) is 32.8 Å². The highest BCUT2D eigenvalue weighted by Gasteiger charge is 2.16. The Kier molecular flexibility index (Phi) is 2.61. The Morgan fingerprint density at radius 2 is 2.05 bits per heavy atom. The van der Waals surface area contributed by atoms with Gasteiger partial charge in [-0.3, -0.25) is 0 Å². The zero-order chi connectivity index (χ0) is 14.4. The van der Waals surface area contributed by atoms with Gasteiger partial charge in [-0.2, -0.15) is 9.61 Å². The molecule has 0 radical (unpaired) electrons. The maximum Gasteiger partial charge on any atom is 0.235 e. The first-order valence-corrected chi connectivity index (χ1v) is 7.25. The molecule has 0 aliphatic rings. The average Bonchev–Trinajstić information content (AvgIpc) is 3.12. The summed E-state index contributed by atoms with van der Waals surface area (Å²) in [6, 6.07) is 9.98. The highest BCUT2D eigenvalue weighted by atomic mass is 32.1. The molecule has 0 amide bonds. The molecular formula is C14H11N5OS. The van der Waals surface area contributed by atoms with Crippen LogP contribution in [-0.2, 0) is 0 Å². The lowest BCUT2D eigenvalue weighted by Crippen LogP contribution is -1.91. The molecule has 0 bridgehead atoms. The number of nitrogens with zero attached hydrogens (tertiary/aromatic N) is 5. The molecule has 0 saturated heterocycles. The third-order valence-electron chi connectivity index (χ3n) is 3.11. The summed E-state index contributed by atoms with van der Waals surface area (Å²) < 4.78 is 6.84. The third-order valence-corrected chi connectivity index (χ3v) is 4.04. The monoisotopic (exact) mass is 297 g/mol. The fraction of sp³-hybridized carbons (Fsp3) is 0.143. The van der Waals surface area contributed by atoms with E-state index >= 15 is 0 Å². The minimum atomic E-state index is 0.721. The van der Waals surface area contributed by atoms with Gasteiger partial charge in [-0.25, -0.2) is 0 Å². The van der Waals surface area contributed by atoms with Gasteiger partial charge < -0.3 is 4.52 Å². The minimum absolute atomic E-state index is 0.721. The largest absolute Gasteiger partial charge is 0.361 e. The molecule has 21 heavy (non-hydrogen) atoms. The van der Waals surface area contributed by atoms with Crippen molar-refractivity contribution in [2.24, 2.45) is 0 Å². The first kappa shape index (κ1) is 12.2. The summed E-state index contributed by atoms with van der Waals surface area (Å²) in [5.41, 5.74) is 2.89. The van der Waals surface area contributed by atoms with Crippen molar-refractivity contribution in [3.63, 3.8) is 0 Å². The van der Waals surface area contributed by atoms with Gasteiger partial charge in [0.15, 0.2) is 10.8 Å². The van der Waals surface area contributed by atoms with E-state index in [-0.39, 0.29) is 0 Å². The van der Waals surface area contributed by atoms with Crippen LogP contribution in [0.2, 0.25) is 0 Å². The number of hydrogen-bond acceptors (Lipinski definition) is 6. The summed E-state index contributed by atoms with van der Waals surface area (Å²) in [5, 5.41) is 17.7. The molecule has 1 aromatic carbocycles. The SMILES string of the molecule is Cc1cccc(-c2nnc3sc(-c4cc(C)on4)nn23)c1. The van der Waals surface area contributed by atoms with Crippen LogP contribution in [0.1, 0.15) is 11.3 Å². The molecule has 0 aliphatic heterocycles. The number of fused-ring (bicyclic) bond motifs is 1. The van der Waals surface area contributed by atoms with Gasteiger partial charge in [0, 0.05) is 11.6 Å². The van der Waals surface area contributed by atoms with Crippen LogP contribution in [0.15, 0.2) is 34.9 Å². The lowest BCUT2D eigenvalue weighted by Gasteiger charge is -1.98. The van der Waals surface area contributed by atoms with E-state index < -0.39 is 0 Å². The smallest absolute Gasteiger partial charge is 0.235 e. The summed E-state index contributed by atoms with van der Waals surface area (Å²) in [4.78, 5) is 0.738. The quantitative estimate of drug-likeness (QED) is 0.568. The Labute approximate surface area is 124 Å². The molecule has 0 aliphatic carbocycles. The molecular weight excluding hydrogens is 286 g/mol. The van der Waals surface area contributed by atoms with Crippen LogP contribution < -0.4 is 0 Å². The van der Waals surface area contributed by atoms with Gasteiger partial charge in [0.1, 0.15) is 11.5 Å². The second-order valence-electron chi connectivity index (χ2n) is 4.82. The van der Waals surface area contributed by atoms with Gasteiger partial charge in [0.2, 0.25) is 4.96 Å². The van der Waals surface area contributed by atoms with E-state index in [2.05, 4.69) is 26.5 Å². The van der Waals surface area contributed by atoms with Crippen LogP contribution in [-0.4, -0.2) is 25.0 Å². The summed E-state index contributed by atoms with van der Waals surface area (Å²) >= 11 is 1.44. The molecule has 4 rings (SSSR count). The van der Waals surface area contributed by atoms with Crippen LogP contribution in [0.25, 0.3) is 27.1 Å². The highest BCUT2D eigenvalue weighted by molar-refractivity contribution is 7.19. The normalized spacial score (nSPS) is 11.3. The highest BCUT2D eigenvalue weighted by Crippen LogP contribution is 2.27. The molecule has 6 nitrogen and oxygen atoms in total. The zero-order valence-electron chi connectivity index (χ0n) is 11.4. The lowest BCUT2D eigenvalue weighted by atomic mass is 10.1. The molecule has 0 saturated carbocycles. The molecule has 104 valence electrons. The summed E-state index contributed by atoms with van der Waals surface area (Å²) in [6.07, 6.45) is 0. The van der Waals surface area contributed by atoms with Gasteiger partial charge in [-0.15, -0.1) is 10.2 Å². The number of benzene rings is 1. The minimum Gasteiger partial charge on any atom is -0.361 e. The van der Waals surface area contributed by atoms with Crippen molar-refractivity contribution in [1.82, 2.24) is 25.0 Å². The average molecular weight is 297 g/mol. The second-order valence-corrected chi connectivity index (χ2v) is 5.77. The maximum absolute atomic E-state index is 5.09. The van der Waals surface area contributed by atoms with E-state index in [0.29, 0.717) is 0 Å². The Hall–Kier alpha value is -2.54. The van der Waals surface area contributed by atoms with Crippen molar-refractivity contribution in [3.05, 3.63) is 41.7 Å². The van der Waals surface area contributed by atoms with Crippen molar-refractivity contribution >= 4 is 16.3 Å². The predicted molar refractivity (Wildman–Crippen MR) is 79.1 cm³/mol. The predicted octanol–water partition coefficient (Wildman–Crippen LogP) is 3.12. The molecule has 0 unspecified atom stereocenters. The standard InChI is InChI=1S/C14H11N5OS/c1-8-4-3-5-10(6-8)12-15-16-14-19(12)17-13(21-14)11-7-9(2)20-18-11/h3-7H,1-2H3. The third kappa shape index (κ3) is 2.02. The van der Waals surface area contributed by atoms with Gasteiger partial charge >= 0.3 is 0 Å². The Balaban J connectivity index is 1.86. The van der Waals surface area contributed by atoms with Crippen LogP contribution in [0.3, 0.4) is 0 Å². The number of rotatable bonds is 2. The van der Waals surface area contributed by atoms with Gasteiger partial charge in [-0.05, 0) is 19.9 Å². The summed E-state index contributed by atoms with van der Waals surface area (Å²) in [5.74, 6) is 1.49. The van der Waals surface area contributed by atoms with Crippen molar-refractivity contribution < 1.29 is 4.52 Å². The van der Waals surface area contributed by atoms with Crippen molar-refractivity contribution in [1.29, 1.82) is 0 Å². The summed E-state index contributed by atoms with van der Waals surface area (Å²) in [7, 11) is 0. The molecule has 0 spiro atoms. The van der Waals surface area contributed by atoms with Crippen molar-refractivity contribution in [3.8, 4) is 22.1 Å². The summed E-state index contributed by atoms with van der Waals surface area (Å²) in [6.45, 7) is 3.90. The molecule has 0 N–H and O–H groups in total.